The van der Waals surface area contributed by atoms with Gasteiger partial charge in [0.25, 0.3) is 0 Å². The molecule has 0 fully saturated rings. The summed E-state index contributed by atoms with van der Waals surface area (Å²) in [5.41, 5.74) is 3.57. The lowest BCUT2D eigenvalue weighted by molar-refractivity contribution is 0.602. The monoisotopic (exact) mass is 386 g/mol. The predicted molar refractivity (Wildman–Crippen MR) is 105 cm³/mol. The van der Waals surface area contributed by atoms with Gasteiger partial charge in [-0.2, -0.15) is 0 Å². The highest BCUT2D eigenvalue weighted by molar-refractivity contribution is 7.90. The average molecular weight is 386 g/mol. The topological polar surface area (TPSA) is 52.0 Å². The van der Waals surface area contributed by atoms with Crippen LogP contribution in [0.25, 0.3) is 16.9 Å². The molecule has 0 bridgehead atoms. The molecular weight excluding hydrogens is 363 g/mol. The molecule has 0 aliphatic heterocycles. The molecule has 3 rings (SSSR count). The van der Waals surface area contributed by atoms with Crippen molar-refractivity contribution in [3.63, 3.8) is 0 Å². The summed E-state index contributed by atoms with van der Waals surface area (Å²) in [6.07, 6.45) is 7.06. The fourth-order valence-electron chi connectivity index (χ4n) is 3.07. The molecule has 0 saturated carbocycles. The van der Waals surface area contributed by atoms with E-state index in [4.69, 9.17) is 0 Å². The minimum absolute atomic E-state index is 0.276. The van der Waals surface area contributed by atoms with Gasteiger partial charge in [-0.1, -0.05) is 19.8 Å². The summed E-state index contributed by atoms with van der Waals surface area (Å²) in [6, 6.07) is 13.1. The summed E-state index contributed by atoms with van der Waals surface area (Å²) < 4.78 is 38.7. The number of aromatic nitrogens is 2. The van der Waals surface area contributed by atoms with Gasteiger partial charge in [-0.25, -0.2) is 17.8 Å². The van der Waals surface area contributed by atoms with Gasteiger partial charge >= 0.3 is 0 Å². The van der Waals surface area contributed by atoms with Crippen LogP contribution in [-0.2, 0) is 16.3 Å². The Morgan fingerprint density at radius 1 is 1.00 bits per heavy atom. The van der Waals surface area contributed by atoms with Crippen molar-refractivity contribution in [1.82, 2.24) is 9.55 Å². The highest BCUT2D eigenvalue weighted by atomic mass is 32.2. The van der Waals surface area contributed by atoms with E-state index in [0.717, 1.165) is 48.3 Å². The first-order chi connectivity index (χ1) is 12.9. The SMILES string of the molecule is CCCCCc1ncn(-c2ccc(S(C)(=O)=O)cc2)c1-c1ccc(F)cc1. The molecule has 0 unspecified atom stereocenters. The van der Waals surface area contributed by atoms with Crippen molar-refractivity contribution in [2.45, 2.75) is 37.5 Å². The molecule has 0 radical (unpaired) electrons. The number of hydrogen-bond donors (Lipinski definition) is 0. The van der Waals surface area contributed by atoms with Gasteiger partial charge < -0.3 is 0 Å². The molecule has 0 amide bonds. The van der Waals surface area contributed by atoms with Crippen LogP contribution in [0.15, 0.2) is 59.8 Å². The van der Waals surface area contributed by atoms with Gasteiger partial charge in [0.2, 0.25) is 0 Å². The number of nitrogens with zero attached hydrogens (tertiary/aromatic N) is 2. The van der Waals surface area contributed by atoms with E-state index < -0.39 is 9.84 Å². The number of rotatable bonds is 7. The first kappa shape index (κ1) is 19.3. The molecule has 4 nitrogen and oxygen atoms in total. The smallest absolute Gasteiger partial charge is 0.175 e. The van der Waals surface area contributed by atoms with Crippen molar-refractivity contribution in [2.24, 2.45) is 0 Å². The second-order valence-electron chi connectivity index (χ2n) is 6.64. The molecule has 3 aromatic rings. The van der Waals surface area contributed by atoms with E-state index in [2.05, 4.69) is 11.9 Å². The third kappa shape index (κ3) is 4.45. The fourth-order valence-corrected chi connectivity index (χ4v) is 3.70. The Labute approximate surface area is 159 Å². The lowest BCUT2D eigenvalue weighted by Crippen LogP contribution is -2.00. The standard InChI is InChI=1S/C21H23FN2O2S/c1-3-4-5-6-20-21(16-7-9-17(22)10-8-16)24(15-23-20)18-11-13-19(14-12-18)27(2,25)26/h7-15H,3-6H2,1-2H3. The predicted octanol–water partition coefficient (Wildman–Crippen LogP) is 4.81. The zero-order valence-corrected chi connectivity index (χ0v) is 16.3. The van der Waals surface area contributed by atoms with Crippen molar-refractivity contribution >= 4 is 9.84 Å². The highest BCUT2D eigenvalue weighted by Crippen LogP contribution is 2.28. The van der Waals surface area contributed by atoms with Crippen molar-refractivity contribution in [1.29, 1.82) is 0 Å². The third-order valence-electron chi connectivity index (χ3n) is 4.52. The summed E-state index contributed by atoms with van der Waals surface area (Å²) in [5, 5.41) is 0. The van der Waals surface area contributed by atoms with E-state index in [1.165, 1.54) is 18.4 Å². The van der Waals surface area contributed by atoms with E-state index >= 15 is 0 Å². The molecule has 0 saturated heterocycles. The van der Waals surface area contributed by atoms with Crippen LogP contribution >= 0.6 is 0 Å². The largest absolute Gasteiger partial charge is 0.299 e. The zero-order valence-electron chi connectivity index (χ0n) is 15.5. The molecule has 142 valence electrons. The van der Waals surface area contributed by atoms with Gasteiger partial charge in [0, 0.05) is 17.5 Å². The number of halogens is 1. The Morgan fingerprint density at radius 3 is 2.26 bits per heavy atom. The summed E-state index contributed by atoms with van der Waals surface area (Å²) in [4.78, 5) is 4.86. The second-order valence-corrected chi connectivity index (χ2v) is 8.66. The zero-order chi connectivity index (χ0) is 19.4. The molecule has 6 heteroatoms. The second kappa shape index (κ2) is 8.05. The Kier molecular flexibility index (Phi) is 5.75. The van der Waals surface area contributed by atoms with Crippen molar-refractivity contribution in [2.75, 3.05) is 6.26 Å². The van der Waals surface area contributed by atoms with E-state index in [1.54, 1.807) is 42.7 Å². The average Bonchev–Trinajstić information content (AvgIpc) is 3.06. The van der Waals surface area contributed by atoms with Gasteiger partial charge in [-0.15, -0.1) is 0 Å². The van der Waals surface area contributed by atoms with E-state index in [0.29, 0.717) is 0 Å². The van der Waals surface area contributed by atoms with Gasteiger partial charge in [0.15, 0.2) is 9.84 Å². The summed E-state index contributed by atoms with van der Waals surface area (Å²) in [5.74, 6) is -0.283. The van der Waals surface area contributed by atoms with Gasteiger partial charge in [-0.05, 0) is 61.4 Å². The van der Waals surface area contributed by atoms with E-state index in [1.807, 2.05) is 4.57 Å². The van der Waals surface area contributed by atoms with Gasteiger partial charge in [-0.3, -0.25) is 4.57 Å². The third-order valence-corrected chi connectivity index (χ3v) is 5.65. The van der Waals surface area contributed by atoms with E-state index in [-0.39, 0.29) is 10.7 Å². The number of imidazole rings is 1. The van der Waals surface area contributed by atoms with Crippen LogP contribution in [-0.4, -0.2) is 24.2 Å². The van der Waals surface area contributed by atoms with Gasteiger partial charge in [0.05, 0.1) is 16.3 Å². The van der Waals surface area contributed by atoms with Crippen LogP contribution in [0.3, 0.4) is 0 Å². The Bertz CT molecular complexity index is 1010. The first-order valence-electron chi connectivity index (χ1n) is 9.03. The molecule has 0 atom stereocenters. The van der Waals surface area contributed by atoms with Crippen molar-refractivity contribution < 1.29 is 12.8 Å². The Morgan fingerprint density at radius 2 is 1.67 bits per heavy atom. The van der Waals surface area contributed by atoms with Crippen molar-refractivity contribution in [3.8, 4) is 16.9 Å². The van der Waals surface area contributed by atoms with Crippen LogP contribution in [0.4, 0.5) is 4.39 Å². The summed E-state index contributed by atoms with van der Waals surface area (Å²) in [7, 11) is -3.25. The minimum atomic E-state index is -3.25. The molecular formula is C21H23FN2O2S. The minimum Gasteiger partial charge on any atom is -0.299 e. The maximum Gasteiger partial charge on any atom is 0.175 e. The molecule has 0 N–H and O–H groups in total. The summed E-state index contributed by atoms with van der Waals surface area (Å²) in [6.45, 7) is 2.16. The van der Waals surface area contributed by atoms with Crippen LogP contribution in [0.5, 0.6) is 0 Å². The normalized spacial score (nSPS) is 11.7. The maximum absolute atomic E-state index is 13.4. The van der Waals surface area contributed by atoms with Crippen LogP contribution in [0.1, 0.15) is 31.9 Å². The highest BCUT2D eigenvalue weighted by Gasteiger charge is 2.15. The quantitative estimate of drug-likeness (QED) is 0.547. The lowest BCUT2D eigenvalue weighted by atomic mass is 10.1. The molecule has 0 aliphatic carbocycles. The van der Waals surface area contributed by atoms with Crippen molar-refractivity contribution in [3.05, 3.63) is 66.4 Å². The van der Waals surface area contributed by atoms with Gasteiger partial charge in [0.1, 0.15) is 12.1 Å². The fraction of sp³-hybridized carbons (Fsp3) is 0.286. The summed E-state index contributed by atoms with van der Waals surface area (Å²) >= 11 is 0. The van der Waals surface area contributed by atoms with E-state index in [9.17, 15) is 12.8 Å². The molecule has 0 aliphatic rings. The maximum atomic E-state index is 13.4. The number of sulfone groups is 1. The lowest BCUT2D eigenvalue weighted by Gasteiger charge is -2.11. The molecule has 27 heavy (non-hydrogen) atoms. The molecule has 1 aromatic heterocycles. The molecule has 1 heterocycles. The number of unbranched alkanes of at least 4 members (excludes halogenated alkanes) is 2. The molecule has 0 spiro atoms. The Balaban J connectivity index is 2.05. The number of benzene rings is 2. The number of aryl methyl sites for hydroxylation is 1. The first-order valence-corrected chi connectivity index (χ1v) is 10.9. The molecule has 2 aromatic carbocycles. The Hall–Kier alpha value is -2.47. The number of hydrogen-bond acceptors (Lipinski definition) is 3. The van der Waals surface area contributed by atoms with Crippen LogP contribution in [0.2, 0.25) is 0 Å². The van der Waals surface area contributed by atoms with Crippen LogP contribution in [0, 0.1) is 5.82 Å². The van der Waals surface area contributed by atoms with Crippen LogP contribution < -0.4 is 0 Å².